The van der Waals surface area contributed by atoms with Crippen LogP contribution < -0.4 is 5.32 Å². The molecule has 1 aromatic rings. The molecule has 4 heteroatoms. The van der Waals surface area contributed by atoms with E-state index in [4.69, 9.17) is 0 Å². The first kappa shape index (κ1) is 10.6. The molecule has 0 amide bonds. The van der Waals surface area contributed by atoms with Crippen LogP contribution in [-0.2, 0) is 6.54 Å². The Labute approximate surface area is 91.1 Å². The van der Waals surface area contributed by atoms with Crippen molar-refractivity contribution in [1.29, 1.82) is 0 Å². The number of rotatable bonds is 3. The van der Waals surface area contributed by atoms with Gasteiger partial charge in [-0.3, -0.25) is 0 Å². The molecule has 2 heterocycles. The van der Waals surface area contributed by atoms with Gasteiger partial charge in [-0.15, -0.1) is 0 Å². The van der Waals surface area contributed by atoms with Crippen LogP contribution in [0.3, 0.4) is 0 Å². The van der Waals surface area contributed by atoms with Crippen LogP contribution in [0.25, 0.3) is 0 Å². The third kappa shape index (κ3) is 2.20. The quantitative estimate of drug-likeness (QED) is 0.823. The van der Waals surface area contributed by atoms with Crippen LogP contribution in [-0.4, -0.2) is 20.8 Å². The fraction of sp³-hybridized carbons (Fsp3) is 0.818. The monoisotopic (exact) mass is 208 g/mol. The lowest BCUT2D eigenvalue weighted by Crippen LogP contribution is -2.37. The number of hydrogen-bond donors (Lipinski definition) is 1. The highest BCUT2D eigenvalue weighted by molar-refractivity contribution is 4.98. The minimum Gasteiger partial charge on any atom is -0.305 e. The summed E-state index contributed by atoms with van der Waals surface area (Å²) in [4.78, 5) is 4.34. The molecule has 2 rings (SSSR count). The topological polar surface area (TPSA) is 42.7 Å². The van der Waals surface area contributed by atoms with Crippen molar-refractivity contribution in [3.05, 3.63) is 12.2 Å². The second-order valence-electron chi connectivity index (χ2n) is 4.74. The minimum atomic E-state index is 0.388. The first-order valence-electron chi connectivity index (χ1n) is 5.82. The number of aryl methyl sites for hydroxylation is 1. The van der Waals surface area contributed by atoms with Crippen LogP contribution in [0, 0.1) is 5.92 Å². The third-order valence-electron chi connectivity index (χ3n) is 3.28. The second kappa shape index (κ2) is 4.31. The van der Waals surface area contributed by atoms with Crippen molar-refractivity contribution in [1.82, 2.24) is 20.1 Å². The van der Waals surface area contributed by atoms with Crippen molar-refractivity contribution in [2.24, 2.45) is 5.92 Å². The normalized spacial score (nSPS) is 22.8. The Bertz CT molecular complexity index is 318. The molecular formula is C11H20N4. The molecule has 4 nitrogen and oxygen atoms in total. The van der Waals surface area contributed by atoms with E-state index in [1.165, 1.54) is 12.8 Å². The first-order valence-corrected chi connectivity index (χ1v) is 5.82. The standard InChI is InChI=1S/C11H20N4/c1-8(2)9(3)14-10-5-4-6-15-11(10)12-7-13-15/h7-10,14H,4-6H2,1-3H3. The highest BCUT2D eigenvalue weighted by Gasteiger charge is 2.24. The van der Waals surface area contributed by atoms with E-state index in [1.807, 2.05) is 4.68 Å². The number of nitrogens with zero attached hydrogens (tertiary/aromatic N) is 3. The fourth-order valence-electron chi connectivity index (χ4n) is 1.96. The molecule has 0 saturated carbocycles. The summed E-state index contributed by atoms with van der Waals surface area (Å²) in [7, 11) is 0. The summed E-state index contributed by atoms with van der Waals surface area (Å²) in [5, 5.41) is 7.86. The van der Waals surface area contributed by atoms with Gasteiger partial charge in [0.2, 0.25) is 0 Å². The van der Waals surface area contributed by atoms with Gasteiger partial charge in [0.15, 0.2) is 0 Å². The summed E-state index contributed by atoms with van der Waals surface area (Å²) in [6, 6.07) is 0.914. The Morgan fingerprint density at radius 1 is 1.47 bits per heavy atom. The average molecular weight is 208 g/mol. The van der Waals surface area contributed by atoms with E-state index in [-0.39, 0.29) is 0 Å². The molecule has 1 aromatic heterocycles. The molecule has 0 bridgehead atoms. The first-order chi connectivity index (χ1) is 7.18. The van der Waals surface area contributed by atoms with Gasteiger partial charge >= 0.3 is 0 Å². The highest BCUT2D eigenvalue weighted by atomic mass is 15.3. The molecule has 0 fully saturated rings. The SMILES string of the molecule is CC(C)C(C)NC1CCCn2ncnc21. The maximum atomic E-state index is 4.34. The highest BCUT2D eigenvalue weighted by Crippen LogP contribution is 2.23. The molecule has 84 valence electrons. The van der Waals surface area contributed by atoms with Gasteiger partial charge in [-0.2, -0.15) is 5.10 Å². The smallest absolute Gasteiger partial charge is 0.143 e. The van der Waals surface area contributed by atoms with Gasteiger partial charge < -0.3 is 5.32 Å². The van der Waals surface area contributed by atoms with Crippen molar-refractivity contribution >= 4 is 0 Å². The Balaban J connectivity index is 2.06. The molecule has 1 aliphatic rings. The van der Waals surface area contributed by atoms with Gasteiger partial charge in [0.1, 0.15) is 12.2 Å². The van der Waals surface area contributed by atoms with E-state index in [2.05, 4.69) is 36.2 Å². The summed E-state index contributed by atoms with van der Waals surface area (Å²) in [5.41, 5.74) is 0. The predicted molar refractivity (Wildman–Crippen MR) is 59.4 cm³/mol. The summed E-state index contributed by atoms with van der Waals surface area (Å²) in [6.45, 7) is 7.74. The van der Waals surface area contributed by atoms with Crippen LogP contribution in [0.2, 0.25) is 0 Å². The molecule has 2 atom stereocenters. The average Bonchev–Trinajstić information content (AvgIpc) is 2.66. The van der Waals surface area contributed by atoms with Crippen molar-refractivity contribution < 1.29 is 0 Å². The van der Waals surface area contributed by atoms with Crippen molar-refractivity contribution in [2.45, 2.75) is 52.2 Å². The second-order valence-corrected chi connectivity index (χ2v) is 4.74. The molecule has 1 aliphatic heterocycles. The molecule has 0 radical (unpaired) electrons. The van der Waals surface area contributed by atoms with Crippen LogP contribution in [0.5, 0.6) is 0 Å². The van der Waals surface area contributed by atoms with Crippen molar-refractivity contribution in [3.63, 3.8) is 0 Å². The molecule has 2 unspecified atom stereocenters. The van der Waals surface area contributed by atoms with E-state index < -0.39 is 0 Å². The predicted octanol–water partition coefficient (Wildman–Crippen LogP) is 1.75. The zero-order chi connectivity index (χ0) is 10.8. The van der Waals surface area contributed by atoms with E-state index >= 15 is 0 Å². The van der Waals surface area contributed by atoms with E-state index in [0.717, 1.165) is 12.4 Å². The maximum absolute atomic E-state index is 4.34. The van der Waals surface area contributed by atoms with Crippen LogP contribution in [0.4, 0.5) is 0 Å². The fourth-order valence-corrected chi connectivity index (χ4v) is 1.96. The molecule has 0 spiro atoms. The van der Waals surface area contributed by atoms with E-state index in [9.17, 15) is 0 Å². The molecule has 1 N–H and O–H groups in total. The summed E-state index contributed by atoms with van der Waals surface area (Å²) >= 11 is 0. The van der Waals surface area contributed by atoms with Gasteiger partial charge in [-0.05, 0) is 25.7 Å². The minimum absolute atomic E-state index is 0.388. The van der Waals surface area contributed by atoms with Gasteiger partial charge in [0.25, 0.3) is 0 Å². The van der Waals surface area contributed by atoms with E-state index in [0.29, 0.717) is 18.0 Å². The lowest BCUT2D eigenvalue weighted by Gasteiger charge is -2.28. The third-order valence-corrected chi connectivity index (χ3v) is 3.28. The van der Waals surface area contributed by atoms with Gasteiger partial charge in [0, 0.05) is 12.6 Å². The molecular weight excluding hydrogens is 188 g/mol. The Hall–Kier alpha value is -0.900. The summed E-state index contributed by atoms with van der Waals surface area (Å²) in [5.74, 6) is 1.76. The molecule has 0 saturated heterocycles. The zero-order valence-electron chi connectivity index (χ0n) is 9.77. The van der Waals surface area contributed by atoms with Gasteiger partial charge in [-0.25, -0.2) is 9.67 Å². The van der Waals surface area contributed by atoms with Crippen molar-refractivity contribution in [2.75, 3.05) is 0 Å². The van der Waals surface area contributed by atoms with E-state index in [1.54, 1.807) is 6.33 Å². The number of hydrogen-bond acceptors (Lipinski definition) is 3. The van der Waals surface area contributed by atoms with Crippen LogP contribution >= 0.6 is 0 Å². The zero-order valence-corrected chi connectivity index (χ0v) is 9.77. The van der Waals surface area contributed by atoms with Crippen LogP contribution in [0.15, 0.2) is 6.33 Å². The molecule has 15 heavy (non-hydrogen) atoms. The molecule has 0 aliphatic carbocycles. The largest absolute Gasteiger partial charge is 0.305 e. The number of aromatic nitrogens is 3. The number of nitrogens with one attached hydrogen (secondary N) is 1. The number of fused-ring (bicyclic) bond motifs is 1. The maximum Gasteiger partial charge on any atom is 0.143 e. The molecule has 0 aromatic carbocycles. The van der Waals surface area contributed by atoms with Gasteiger partial charge in [-0.1, -0.05) is 13.8 Å². The van der Waals surface area contributed by atoms with Crippen LogP contribution in [0.1, 0.15) is 45.5 Å². The summed E-state index contributed by atoms with van der Waals surface area (Å²) in [6.07, 6.45) is 4.03. The summed E-state index contributed by atoms with van der Waals surface area (Å²) < 4.78 is 2.02. The lowest BCUT2D eigenvalue weighted by molar-refractivity contribution is 0.309. The Morgan fingerprint density at radius 2 is 2.27 bits per heavy atom. The van der Waals surface area contributed by atoms with Crippen molar-refractivity contribution in [3.8, 4) is 0 Å². The lowest BCUT2D eigenvalue weighted by atomic mass is 10.0. The Morgan fingerprint density at radius 3 is 3.00 bits per heavy atom. The Kier molecular flexibility index (Phi) is 3.05. The van der Waals surface area contributed by atoms with Gasteiger partial charge in [0.05, 0.1) is 6.04 Å².